The molecule has 2 unspecified atom stereocenters. The summed E-state index contributed by atoms with van der Waals surface area (Å²) in [6, 6.07) is 16.1. The van der Waals surface area contributed by atoms with Gasteiger partial charge in [0.15, 0.2) is 11.6 Å². The number of nitrogen functional groups attached to an aromatic ring is 1. The van der Waals surface area contributed by atoms with Crippen molar-refractivity contribution in [1.29, 1.82) is 0 Å². The van der Waals surface area contributed by atoms with E-state index in [1.807, 2.05) is 36.4 Å². The maximum absolute atomic E-state index is 12.9. The van der Waals surface area contributed by atoms with Crippen LogP contribution in [0.5, 0.6) is 0 Å². The molecule has 31 heavy (non-hydrogen) atoms. The second kappa shape index (κ2) is 7.61. The van der Waals surface area contributed by atoms with Crippen LogP contribution in [-0.2, 0) is 6.42 Å². The number of hydrogen-bond acceptors (Lipinski definition) is 5. The number of rotatable bonds is 4. The predicted molar refractivity (Wildman–Crippen MR) is 118 cm³/mol. The lowest BCUT2D eigenvalue weighted by molar-refractivity contribution is 0.0854. The summed E-state index contributed by atoms with van der Waals surface area (Å²) in [5.41, 5.74) is 10.3. The molecule has 0 bridgehead atoms. The fraction of sp³-hybridized carbons (Fsp3) is 0.130. The van der Waals surface area contributed by atoms with E-state index in [-0.39, 0.29) is 11.7 Å². The zero-order chi connectivity index (χ0) is 21.5. The molecule has 156 valence electrons. The number of aliphatic hydroxyl groups excluding tert-OH is 1. The van der Waals surface area contributed by atoms with Crippen LogP contribution in [0.3, 0.4) is 0 Å². The number of benzene rings is 2. The Labute approximate surface area is 182 Å². The minimum atomic E-state index is -0.667. The Bertz CT molecular complexity index is 1280. The first kappa shape index (κ1) is 19.4. The molecule has 8 heteroatoms. The van der Waals surface area contributed by atoms with Gasteiger partial charge in [0.25, 0.3) is 5.91 Å². The van der Waals surface area contributed by atoms with E-state index in [9.17, 15) is 9.90 Å². The summed E-state index contributed by atoms with van der Waals surface area (Å²) in [6.45, 7) is 0. The molecule has 4 aromatic rings. The Morgan fingerprint density at radius 3 is 2.87 bits per heavy atom. The number of halogens is 1. The van der Waals surface area contributed by atoms with E-state index in [0.717, 1.165) is 16.7 Å². The topological polar surface area (TPSA) is 117 Å². The number of amides is 1. The molecule has 0 fully saturated rings. The molecule has 2 heterocycles. The van der Waals surface area contributed by atoms with Crippen molar-refractivity contribution >= 4 is 23.3 Å². The standard InChI is InChI=1S/C23H19ClN4O3/c24-15-6-3-5-13(8-15)19-21(31-28-22(19)25)14-9-17(26-11-14)23(30)27-20-16-7-2-1-4-12(16)10-18(20)29/h1-9,11,18,20,26,29H,10H2,(H2,25,28)(H,27,30). The fourth-order valence-electron chi connectivity index (χ4n) is 4.05. The number of carbonyl (C=O) groups excluding carboxylic acids is 1. The Balaban J connectivity index is 1.42. The van der Waals surface area contributed by atoms with E-state index in [1.54, 1.807) is 24.4 Å². The van der Waals surface area contributed by atoms with Gasteiger partial charge >= 0.3 is 0 Å². The zero-order valence-corrected chi connectivity index (χ0v) is 17.1. The molecule has 0 saturated carbocycles. The van der Waals surface area contributed by atoms with Crippen molar-refractivity contribution in [3.8, 4) is 22.5 Å². The van der Waals surface area contributed by atoms with E-state index < -0.39 is 12.1 Å². The summed E-state index contributed by atoms with van der Waals surface area (Å²) in [6.07, 6.45) is 1.50. The Morgan fingerprint density at radius 2 is 2.03 bits per heavy atom. The van der Waals surface area contributed by atoms with Crippen LogP contribution in [-0.4, -0.2) is 27.3 Å². The third kappa shape index (κ3) is 3.48. The van der Waals surface area contributed by atoms with E-state index in [4.69, 9.17) is 21.9 Å². The molecule has 2 aromatic carbocycles. The first-order valence-electron chi connectivity index (χ1n) is 9.78. The van der Waals surface area contributed by atoms with Crippen LogP contribution in [0, 0.1) is 0 Å². The van der Waals surface area contributed by atoms with E-state index in [2.05, 4.69) is 15.5 Å². The molecule has 0 aliphatic heterocycles. The molecule has 5 N–H and O–H groups in total. The molecule has 1 amide bonds. The predicted octanol–water partition coefficient (Wildman–Crippen LogP) is 3.96. The van der Waals surface area contributed by atoms with Crippen LogP contribution in [0.15, 0.2) is 65.3 Å². The number of H-pyrrole nitrogens is 1. The Morgan fingerprint density at radius 1 is 1.19 bits per heavy atom. The Kier molecular flexibility index (Phi) is 4.77. The summed E-state index contributed by atoms with van der Waals surface area (Å²) in [7, 11) is 0. The highest BCUT2D eigenvalue weighted by Crippen LogP contribution is 2.38. The number of nitrogens with zero attached hydrogens (tertiary/aromatic N) is 1. The van der Waals surface area contributed by atoms with Gasteiger partial charge in [0, 0.05) is 23.2 Å². The molecule has 1 aliphatic carbocycles. The second-order valence-electron chi connectivity index (χ2n) is 7.51. The van der Waals surface area contributed by atoms with Gasteiger partial charge in [-0.2, -0.15) is 0 Å². The zero-order valence-electron chi connectivity index (χ0n) is 16.3. The first-order valence-corrected chi connectivity index (χ1v) is 10.2. The van der Waals surface area contributed by atoms with Crippen LogP contribution in [0.1, 0.15) is 27.7 Å². The van der Waals surface area contributed by atoms with Crippen molar-refractivity contribution in [3.63, 3.8) is 0 Å². The van der Waals surface area contributed by atoms with Crippen LogP contribution < -0.4 is 11.1 Å². The number of carbonyl (C=O) groups is 1. The number of nitrogens with one attached hydrogen (secondary N) is 2. The van der Waals surface area contributed by atoms with Crippen molar-refractivity contribution in [2.24, 2.45) is 0 Å². The van der Waals surface area contributed by atoms with Crippen LogP contribution in [0.2, 0.25) is 5.02 Å². The fourth-order valence-corrected chi connectivity index (χ4v) is 4.24. The maximum atomic E-state index is 12.9. The third-order valence-corrected chi connectivity index (χ3v) is 5.75. The van der Waals surface area contributed by atoms with E-state index in [1.165, 1.54) is 0 Å². The van der Waals surface area contributed by atoms with Gasteiger partial charge in [0.05, 0.1) is 17.7 Å². The van der Waals surface area contributed by atoms with Crippen molar-refractivity contribution in [3.05, 3.63) is 82.6 Å². The highest BCUT2D eigenvalue weighted by Gasteiger charge is 2.32. The monoisotopic (exact) mass is 434 g/mol. The smallest absolute Gasteiger partial charge is 0.268 e. The number of nitrogens with two attached hydrogens (primary N) is 1. The number of aromatic amines is 1. The van der Waals surface area contributed by atoms with Crippen molar-refractivity contribution in [2.45, 2.75) is 18.6 Å². The number of fused-ring (bicyclic) bond motifs is 1. The van der Waals surface area contributed by atoms with Gasteiger partial charge in [-0.3, -0.25) is 4.79 Å². The molecular weight excluding hydrogens is 416 g/mol. The van der Waals surface area contributed by atoms with Crippen molar-refractivity contribution < 1.29 is 14.4 Å². The van der Waals surface area contributed by atoms with Gasteiger partial charge in [-0.25, -0.2) is 0 Å². The van der Waals surface area contributed by atoms with Gasteiger partial charge < -0.3 is 25.7 Å². The summed E-state index contributed by atoms with van der Waals surface area (Å²) in [5.74, 6) is 0.334. The molecule has 2 atom stereocenters. The van der Waals surface area contributed by atoms with Gasteiger partial charge in [-0.05, 0) is 34.9 Å². The number of aliphatic hydroxyl groups is 1. The van der Waals surface area contributed by atoms with Gasteiger partial charge in [0.1, 0.15) is 5.69 Å². The average molecular weight is 435 g/mol. The van der Waals surface area contributed by atoms with Gasteiger partial charge in [-0.15, -0.1) is 0 Å². The van der Waals surface area contributed by atoms with Crippen LogP contribution >= 0.6 is 11.6 Å². The lowest BCUT2D eigenvalue weighted by Crippen LogP contribution is -2.34. The second-order valence-corrected chi connectivity index (χ2v) is 7.94. The summed E-state index contributed by atoms with van der Waals surface area (Å²) >= 11 is 6.12. The summed E-state index contributed by atoms with van der Waals surface area (Å²) < 4.78 is 5.46. The molecular formula is C23H19ClN4O3. The van der Waals surface area contributed by atoms with Gasteiger partial charge in [-0.1, -0.05) is 53.2 Å². The van der Waals surface area contributed by atoms with E-state index >= 15 is 0 Å². The minimum absolute atomic E-state index is 0.232. The number of hydrogen-bond donors (Lipinski definition) is 4. The highest BCUT2D eigenvalue weighted by molar-refractivity contribution is 6.30. The number of anilines is 1. The minimum Gasteiger partial charge on any atom is -0.390 e. The molecule has 0 radical (unpaired) electrons. The van der Waals surface area contributed by atoms with Crippen molar-refractivity contribution in [2.75, 3.05) is 5.73 Å². The molecule has 2 aromatic heterocycles. The first-order chi connectivity index (χ1) is 15.0. The molecule has 7 nitrogen and oxygen atoms in total. The normalized spacial score (nSPS) is 17.5. The maximum Gasteiger partial charge on any atom is 0.268 e. The molecule has 0 spiro atoms. The quantitative estimate of drug-likeness (QED) is 0.388. The van der Waals surface area contributed by atoms with Gasteiger partial charge in [0.2, 0.25) is 0 Å². The Hall–Kier alpha value is -3.55. The van der Waals surface area contributed by atoms with E-state index in [0.29, 0.717) is 34.0 Å². The summed E-state index contributed by atoms with van der Waals surface area (Å²) in [4.78, 5) is 15.8. The lowest BCUT2D eigenvalue weighted by Gasteiger charge is -2.17. The summed E-state index contributed by atoms with van der Waals surface area (Å²) in [5, 5.41) is 17.8. The third-order valence-electron chi connectivity index (χ3n) is 5.51. The largest absolute Gasteiger partial charge is 0.390 e. The lowest BCUT2D eigenvalue weighted by atomic mass is 10.0. The van der Waals surface area contributed by atoms with Crippen LogP contribution in [0.4, 0.5) is 5.82 Å². The molecule has 5 rings (SSSR count). The SMILES string of the molecule is Nc1noc(-c2c[nH]c(C(=O)NC3c4ccccc4CC3O)c2)c1-c1cccc(Cl)c1. The van der Waals surface area contributed by atoms with Crippen LogP contribution in [0.25, 0.3) is 22.5 Å². The molecule has 0 saturated heterocycles. The number of aromatic nitrogens is 2. The molecule has 1 aliphatic rings. The highest BCUT2D eigenvalue weighted by atomic mass is 35.5. The average Bonchev–Trinajstić information content (AvgIpc) is 3.46. The van der Waals surface area contributed by atoms with Crippen molar-refractivity contribution in [1.82, 2.24) is 15.5 Å².